The van der Waals surface area contributed by atoms with E-state index in [2.05, 4.69) is 17.3 Å². The predicted molar refractivity (Wildman–Crippen MR) is 147 cm³/mol. The lowest BCUT2D eigenvalue weighted by molar-refractivity contribution is 0.102. The molecule has 5 aromatic rings. The molecule has 37 heavy (non-hydrogen) atoms. The zero-order chi connectivity index (χ0) is 25.6. The molecular weight excluding hydrogens is 460 g/mol. The van der Waals surface area contributed by atoms with Gasteiger partial charge in [-0.25, -0.2) is 9.67 Å². The summed E-state index contributed by atoms with van der Waals surface area (Å²) in [7, 11) is 1.66. The summed E-state index contributed by atoms with van der Waals surface area (Å²) in [4.78, 5) is 18.2. The third-order valence-electron chi connectivity index (χ3n) is 6.15. The molecular formula is C31H28N4O2. The molecule has 0 spiro atoms. The second-order valence-electron chi connectivity index (χ2n) is 8.65. The van der Waals surface area contributed by atoms with Gasteiger partial charge < -0.3 is 10.1 Å². The first kappa shape index (κ1) is 24.0. The van der Waals surface area contributed by atoms with Crippen LogP contribution in [0.4, 0.5) is 5.69 Å². The summed E-state index contributed by atoms with van der Waals surface area (Å²) >= 11 is 0. The fraction of sp³-hybridized carbons (Fsp3) is 0.129. The van der Waals surface area contributed by atoms with Gasteiger partial charge in [0.05, 0.1) is 41.6 Å². The Balaban J connectivity index is 1.42. The molecule has 0 aliphatic heterocycles. The number of pyridine rings is 1. The van der Waals surface area contributed by atoms with Gasteiger partial charge in [-0.3, -0.25) is 4.79 Å². The van der Waals surface area contributed by atoms with Crippen molar-refractivity contribution < 1.29 is 9.53 Å². The topological polar surface area (TPSA) is 69.0 Å². The molecule has 0 saturated carbocycles. The van der Waals surface area contributed by atoms with E-state index in [1.54, 1.807) is 13.3 Å². The van der Waals surface area contributed by atoms with Crippen LogP contribution in [-0.4, -0.2) is 27.8 Å². The first-order valence-corrected chi connectivity index (χ1v) is 12.3. The molecule has 6 heteroatoms. The number of aromatic nitrogens is 3. The number of hydrogen-bond donors (Lipinski definition) is 1. The number of carbonyl (C=O) groups is 1. The van der Waals surface area contributed by atoms with Crippen LogP contribution < -0.4 is 10.1 Å². The molecule has 2 heterocycles. The van der Waals surface area contributed by atoms with Gasteiger partial charge in [-0.05, 0) is 55.0 Å². The molecule has 2 aromatic heterocycles. The van der Waals surface area contributed by atoms with Crippen LogP contribution in [-0.2, 0) is 6.42 Å². The largest absolute Gasteiger partial charge is 0.496 e. The Hall–Kier alpha value is -4.71. The van der Waals surface area contributed by atoms with Crippen LogP contribution in [0.15, 0.2) is 103 Å². The molecule has 0 aliphatic carbocycles. The minimum Gasteiger partial charge on any atom is -0.496 e. The quantitative estimate of drug-likeness (QED) is 0.260. The van der Waals surface area contributed by atoms with Crippen molar-refractivity contribution in [2.75, 3.05) is 12.4 Å². The Morgan fingerprint density at radius 2 is 1.65 bits per heavy atom. The minimum atomic E-state index is -0.182. The van der Waals surface area contributed by atoms with Gasteiger partial charge in [0.15, 0.2) is 0 Å². The second kappa shape index (κ2) is 10.9. The van der Waals surface area contributed by atoms with Crippen molar-refractivity contribution in [3.8, 4) is 34.0 Å². The molecule has 0 bridgehead atoms. The lowest BCUT2D eigenvalue weighted by Crippen LogP contribution is -2.14. The van der Waals surface area contributed by atoms with Crippen LogP contribution in [0, 0.1) is 0 Å². The first-order chi connectivity index (χ1) is 18.2. The van der Waals surface area contributed by atoms with Gasteiger partial charge in [-0.2, -0.15) is 5.10 Å². The molecule has 3 aromatic carbocycles. The Labute approximate surface area is 216 Å². The summed E-state index contributed by atoms with van der Waals surface area (Å²) in [5, 5.41) is 7.58. The van der Waals surface area contributed by atoms with E-state index >= 15 is 0 Å². The van der Waals surface area contributed by atoms with Gasteiger partial charge in [0.2, 0.25) is 0 Å². The number of nitrogens with one attached hydrogen (secondary N) is 1. The van der Waals surface area contributed by atoms with Gasteiger partial charge in [0.1, 0.15) is 5.75 Å². The molecule has 1 amide bonds. The fourth-order valence-corrected chi connectivity index (χ4v) is 4.39. The number of anilines is 1. The number of nitrogens with zero attached hydrogens (tertiary/aromatic N) is 3. The Morgan fingerprint density at radius 3 is 2.46 bits per heavy atom. The van der Waals surface area contributed by atoms with E-state index in [9.17, 15) is 4.79 Å². The number of methoxy groups -OCH3 is 1. The van der Waals surface area contributed by atoms with E-state index in [1.165, 1.54) is 0 Å². The first-order valence-electron chi connectivity index (χ1n) is 12.3. The van der Waals surface area contributed by atoms with Crippen molar-refractivity contribution in [1.82, 2.24) is 14.8 Å². The van der Waals surface area contributed by atoms with Crippen LogP contribution in [0.25, 0.3) is 28.2 Å². The summed E-state index contributed by atoms with van der Waals surface area (Å²) in [5.74, 6) is 0.589. The van der Waals surface area contributed by atoms with Gasteiger partial charge in [-0.1, -0.05) is 61.9 Å². The highest BCUT2D eigenvalue weighted by Crippen LogP contribution is 2.30. The maximum atomic E-state index is 13.3. The molecule has 184 valence electrons. The Kier molecular flexibility index (Phi) is 7.08. The molecule has 1 N–H and O–H groups in total. The molecule has 0 saturated heterocycles. The van der Waals surface area contributed by atoms with Crippen molar-refractivity contribution in [3.63, 3.8) is 0 Å². The lowest BCUT2D eigenvalue weighted by Gasteiger charge is -2.11. The van der Waals surface area contributed by atoms with Crippen molar-refractivity contribution in [3.05, 3.63) is 115 Å². The maximum absolute atomic E-state index is 13.3. The maximum Gasteiger partial charge on any atom is 0.259 e. The number of carbonyl (C=O) groups excluding carboxylic acids is 1. The normalized spacial score (nSPS) is 10.8. The summed E-state index contributed by atoms with van der Waals surface area (Å²) < 4.78 is 7.36. The number of ether oxygens (including phenoxy) is 1. The Bertz CT molecular complexity index is 1530. The van der Waals surface area contributed by atoms with Gasteiger partial charge in [0.25, 0.3) is 5.91 Å². The third-order valence-corrected chi connectivity index (χ3v) is 6.15. The van der Waals surface area contributed by atoms with Crippen molar-refractivity contribution in [1.29, 1.82) is 0 Å². The lowest BCUT2D eigenvalue weighted by atomic mass is 10.1. The number of amides is 1. The number of hydrogen-bond acceptors (Lipinski definition) is 4. The fourth-order valence-electron chi connectivity index (χ4n) is 4.39. The SMILES string of the molecule is CCCc1c(C(=O)Nc2cccc(-c3cccc(-c4ccccc4OC)n3)c2)cnn1-c1ccccc1. The average Bonchev–Trinajstić information content (AvgIpc) is 3.38. The van der Waals surface area contributed by atoms with E-state index < -0.39 is 0 Å². The summed E-state index contributed by atoms with van der Waals surface area (Å²) in [6, 6.07) is 31.3. The van der Waals surface area contributed by atoms with Gasteiger partial charge in [0, 0.05) is 16.8 Å². The smallest absolute Gasteiger partial charge is 0.259 e. The van der Waals surface area contributed by atoms with E-state index in [-0.39, 0.29) is 5.91 Å². The van der Waals surface area contributed by atoms with Gasteiger partial charge in [-0.15, -0.1) is 0 Å². The van der Waals surface area contributed by atoms with E-state index in [4.69, 9.17) is 9.72 Å². The zero-order valence-corrected chi connectivity index (χ0v) is 20.9. The highest BCUT2D eigenvalue weighted by molar-refractivity contribution is 6.05. The molecule has 6 nitrogen and oxygen atoms in total. The van der Waals surface area contributed by atoms with Crippen LogP contribution >= 0.6 is 0 Å². The monoisotopic (exact) mass is 488 g/mol. The molecule has 0 fully saturated rings. The standard InChI is InChI=1S/C31H28N4O2/c1-3-11-29-26(21-32-35(29)24-14-5-4-6-15-24)31(36)33-23-13-9-12-22(20-23)27-17-10-18-28(34-27)25-16-7-8-19-30(25)37-2/h4-10,12-21H,3,11H2,1-2H3,(H,33,36). The summed E-state index contributed by atoms with van der Waals surface area (Å²) in [5.41, 5.74) is 6.57. The van der Waals surface area contributed by atoms with Crippen LogP contribution in [0.2, 0.25) is 0 Å². The van der Waals surface area contributed by atoms with Crippen LogP contribution in [0.3, 0.4) is 0 Å². The minimum absolute atomic E-state index is 0.182. The van der Waals surface area contributed by atoms with Crippen molar-refractivity contribution >= 4 is 11.6 Å². The zero-order valence-electron chi connectivity index (χ0n) is 20.9. The van der Waals surface area contributed by atoms with E-state index in [0.717, 1.165) is 52.5 Å². The summed E-state index contributed by atoms with van der Waals surface area (Å²) in [6.07, 6.45) is 3.30. The van der Waals surface area contributed by atoms with Crippen LogP contribution in [0.5, 0.6) is 5.75 Å². The van der Waals surface area contributed by atoms with E-state index in [1.807, 2.05) is 102 Å². The molecule has 0 atom stereocenters. The molecule has 0 unspecified atom stereocenters. The Morgan fingerprint density at radius 1 is 0.892 bits per heavy atom. The van der Waals surface area contributed by atoms with Crippen molar-refractivity contribution in [2.24, 2.45) is 0 Å². The average molecular weight is 489 g/mol. The second-order valence-corrected chi connectivity index (χ2v) is 8.65. The number of rotatable bonds is 8. The van der Waals surface area contributed by atoms with E-state index in [0.29, 0.717) is 11.3 Å². The van der Waals surface area contributed by atoms with Crippen LogP contribution in [0.1, 0.15) is 29.4 Å². The van der Waals surface area contributed by atoms with Crippen molar-refractivity contribution in [2.45, 2.75) is 19.8 Å². The highest BCUT2D eigenvalue weighted by atomic mass is 16.5. The highest BCUT2D eigenvalue weighted by Gasteiger charge is 2.18. The predicted octanol–water partition coefficient (Wildman–Crippen LogP) is 6.81. The number of para-hydroxylation sites is 2. The summed E-state index contributed by atoms with van der Waals surface area (Å²) in [6.45, 7) is 2.10. The van der Waals surface area contributed by atoms with Gasteiger partial charge >= 0.3 is 0 Å². The molecule has 0 radical (unpaired) electrons. The molecule has 5 rings (SSSR count). The number of benzene rings is 3. The third kappa shape index (κ3) is 5.14. The molecule has 0 aliphatic rings.